The van der Waals surface area contributed by atoms with Crippen LogP contribution in [0.2, 0.25) is 0 Å². The van der Waals surface area contributed by atoms with E-state index in [1.165, 1.54) is 37.7 Å². The van der Waals surface area contributed by atoms with Crippen LogP contribution in [0.5, 0.6) is 0 Å². The fourth-order valence-corrected chi connectivity index (χ4v) is 4.12. The first kappa shape index (κ1) is 17.6. The molecular weight excluding hydrogens is 326 g/mol. The molecule has 2 aliphatic rings. The van der Waals surface area contributed by atoms with Gasteiger partial charge in [-0.15, -0.1) is 0 Å². The molecule has 2 fully saturated rings. The van der Waals surface area contributed by atoms with Gasteiger partial charge in [-0.25, -0.2) is 9.97 Å². The third-order valence-electron chi connectivity index (χ3n) is 5.49. The summed E-state index contributed by atoms with van der Waals surface area (Å²) in [7, 11) is 0. The number of hydrogen-bond acceptors (Lipinski definition) is 5. The summed E-state index contributed by atoms with van der Waals surface area (Å²) in [6.07, 6.45) is 15.6. The Balaban J connectivity index is 1.34. The van der Waals surface area contributed by atoms with Crippen molar-refractivity contribution in [1.29, 1.82) is 0 Å². The highest BCUT2D eigenvalue weighted by Crippen LogP contribution is 2.30. The van der Waals surface area contributed by atoms with E-state index in [1.807, 2.05) is 35.5 Å². The number of nitrogens with zero attached hydrogens (tertiary/aromatic N) is 5. The maximum Gasteiger partial charge on any atom is 0.131 e. The number of ether oxygens (including phenoxy) is 1. The molecule has 140 valence electrons. The van der Waals surface area contributed by atoms with Gasteiger partial charge in [0.15, 0.2) is 0 Å². The van der Waals surface area contributed by atoms with Crippen LogP contribution >= 0.6 is 0 Å². The Morgan fingerprint density at radius 2 is 1.92 bits per heavy atom. The minimum absolute atomic E-state index is 0.180. The fraction of sp³-hybridized carbons (Fsp3) is 0.650. The molecule has 1 saturated carbocycles. The Hall–Kier alpha value is -1.79. The standard InChI is InChI=1S/C20H29N5O/c1-2-6-18(7-3-1)20-21-12-17(13-22-20)14-24-9-5-11-26-19(15-24)16-25-10-4-8-23-25/h4,8,10,12-13,18-19H,1-3,5-7,9,11,14-16H2. The van der Waals surface area contributed by atoms with E-state index in [0.29, 0.717) is 5.92 Å². The maximum atomic E-state index is 6.01. The lowest BCUT2D eigenvalue weighted by Gasteiger charge is -2.24. The normalized spacial score (nSPS) is 23.0. The monoisotopic (exact) mass is 355 g/mol. The van der Waals surface area contributed by atoms with Crippen LogP contribution < -0.4 is 0 Å². The summed E-state index contributed by atoms with van der Waals surface area (Å²) in [6, 6.07) is 1.96. The molecule has 1 saturated heterocycles. The first-order chi connectivity index (χ1) is 12.9. The third-order valence-corrected chi connectivity index (χ3v) is 5.49. The average Bonchev–Trinajstić information content (AvgIpc) is 3.09. The number of aromatic nitrogens is 4. The molecule has 1 atom stereocenters. The lowest BCUT2D eigenvalue weighted by atomic mass is 9.89. The zero-order valence-electron chi connectivity index (χ0n) is 15.5. The molecule has 2 aromatic heterocycles. The van der Waals surface area contributed by atoms with E-state index < -0.39 is 0 Å². The van der Waals surface area contributed by atoms with Crippen molar-refractivity contribution in [3.05, 3.63) is 42.2 Å². The molecule has 0 radical (unpaired) electrons. The summed E-state index contributed by atoms with van der Waals surface area (Å²) in [5, 5.41) is 4.30. The molecule has 0 spiro atoms. The second-order valence-corrected chi connectivity index (χ2v) is 7.59. The van der Waals surface area contributed by atoms with E-state index in [-0.39, 0.29) is 6.10 Å². The van der Waals surface area contributed by atoms with Crippen molar-refractivity contribution in [2.24, 2.45) is 0 Å². The lowest BCUT2D eigenvalue weighted by molar-refractivity contribution is 0.0391. The smallest absolute Gasteiger partial charge is 0.131 e. The van der Waals surface area contributed by atoms with Gasteiger partial charge in [-0.2, -0.15) is 5.10 Å². The van der Waals surface area contributed by atoms with Crippen LogP contribution in [-0.4, -0.2) is 50.4 Å². The summed E-state index contributed by atoms with van der Waals surface area (Å²) in [5.74, 6) is 1.62. The van der Waals surface area contributed by atoms with Crippen molar-refractivity contribution in [2.45, 2.75) is 63.6 Å². The first-order valence-corrected chi connectivity index (χ1v) is 9.99. The van der Waals surface area contributed by atoms with E-state index in [2.05, 4.69) is 20.0 Å². The van der Waals surface area contributed by atoms with Crippen LogP contribution in [0.1, 0.15) is 55.8 Å². The maximum absolute atomic E-state index is 6.01. The van der Waals surface area contributed by atoms with E-state index in [9.17, 15) is 0 Å². The molecule has 6 nitrogen and oxygen atoms in total. The van der Waals surface area contributed by atoms with Crippen LogP contribution in [0.15, 0.2) is 30.9 Å². The highest BCUT2D eigenvalue weighted by atomic mass is 16.5. The summed E-state index contributed by atoms with van der Waals surface area (Å²) in [6.45, 7) is 4.49. The molecule has 6 heteroatoms. The second-order valence-electron chi connectivity index (χ2n) is 7.59. The lowest BCUT2D eigenvalue weighted by Crippen LogP contribution is -2.34. The van der Waals surface area contributed by atoms with Gasteiger partial charge in [0.05, 0.1) is 12.6 Å². The minimum Gasteiger partial charge on any atom is -0.375 e. The summed E-state index contributed by atoms with van der Waals surface area (Å²) < 4.78 is 7.96. The first-order valence-electron chi connectivity index (χ1n) is 9.99. The van der Waals surface area contributed by atoms with Crippen LogP contribution in [0.3, 0.4) is 0 Å². The molecule has 3 heterocycles. The van der Waals surface area contributed by atoms with Crippen molar-refractivity contribution in [2.75, 3.05) is 19.7 Å². The molecule has 1 aliphatic heterocycles. The van der Waals surface area contributed by atoms with Gasteiger partial charge < -0.3 is 4.74 Å². The van der Waals surface area contributed by atoms with Crippen molar-refractivity contribution in [3.8, 4) is 0 Å². The SMILES string of the molecule is c1cnn(CC2CN(Cc3cnc(C4CCCCC4)nc3)CCCO2)c1. The highest BCUT2D eigenvalue weighted by molar-refractivity contribution is 5.08. The Labute approximate surface area is 155 Å². The van der Waals surface area contributed by atoms with E-state index in [1.54, 1.807) is 0 Å². The summed E-state index contributed by atoms with van der Waals surface area (Å²) >= 11 is 0. The van der Waals surface area contributed by atoms with Crippen molar-refractivity contribution in [1.82, 2.24) is 24.6 Å². The Morgan fingerprint density at radius 3 is 2.69 bits per heavy atom. The molecule has 1 aliphatic carbocycles. The molecule has 26 heavy (non-hydrogen) atoms. The third kappa shape index (κ3) is 4.68. The van der Waals surface area contributed by atoms with Gasteiger partial charge in [0, 0.05) is 62.5 Å². The molecule has 0 N–H and O–H groups in total. The van der Waals surface area contributed by atoms with E-state index >= 15 is 0 Å². The highest BCUT2D eigenvalue weighted by Gasteiger charge is 2.21. The van der Waals surface area contributed by atoms with Gasteiger partial charge >= 0.3 is 0 Å². The number of hydrogen-bond donors (Lipinski definition) is 0. The van der Waals surface area contributed by atoms with Crippen LogP contribution in [0, 0.1) is 0 Å². The molecule has 0 aromatic carbocycles. The fourth-order valence-electron chi connectivity index (χ4n) is 4.12. The quantitative estimate of drug-likeness (QED) is 0.825. The molecule has 0 bridgehead atoms. The number of rotatable bonds is 5. The van der Waals surface area contributed by atoms with Crippen molar-refractivity contribution >= 4 is 0 Å². The van der Waals surface area contributed by atoms with Crippen LogP contribution in [0.4, 0.5) is 0 Å². The topological polar surface area (TPSA) is 56.1 Å². The Morgan fingerprint density at radius 1 is 1.08 bits per heavy atom. The second kappa shape index (κ2) is 8.73. The molecule has 1 unspecified atom stereocenters. The molecule has 2 aromatic rings. The van der Waals surface area contributed by atoms with Gasteiger partial charge in [0.1, 0.15) is 5.82 Å². The van der Waals surface area contributed by atoms with Gasteiger partial charge in [0.2, 0.25) is 0 Å². The van der Waals surface area contributed by atoms with Gasteiger partial charge in [0.25, 0.3) is 0 Å². The molecule has 0 amide bonds. The average molecular weight is 355 g/mol. The van der Waals surface area contributed by atoms with Crippen molar-refractivity contribution in [3.63, 3.8) is 0 Å². The summed E-state index contributed by atoms with van der Waals surface area (Å²) in [4.78, 5) is 11.8. The zero-order valence-corrected chi connectivity index (χ0v) is 15.5. The van der Waals surface area contributed by atoms with E-state index in [0.717, 1.165) is 45.0 Å². The summed E-state index contributed by atoms with van der Waals surface area (Å²) in [5.41, 5.74) is 1.20. The van der Waals surface area contributed by atoms with Gasteiger partial charge in [-0.1, -0.05) is 19.3 Å². The Bertz CT molecular complexity index is 651. The molecular formula is C20H29N5O. The van der Waals surface area contributed by atoms with E-state index in [4.69, 9.17) is 4.74 Å². The molecule has 4 rings (SSSR count). The van der Waals surface area contributed by atoms with Gasteiger partial charge in [-0.3, -0.25) is 9.58 Å². The van der Waals surface area contributed by atoms with Gasteiger partial charge in [-0.05, 0) is 25.3 Å². The Kier molecular flexibility index (Phi) is 5.92. The minimum atomic E-state index is 0.180. The van der Waals surface area contributed by atoms with Crippen molar-refractivity contribution < 1.29 is 4.74 Å². The zero-order chi connectivity index (χ0) is 17.6. The largest absolute Gasteiger partial charge is 0.375 e. The van der Waals surface area contributed by atoms with Crippen LogP contribution in [0.25, 0.3) is 0 Å². The predicted octanol–water partition coefficient (Wildman–Crippen LogP) is 3.01. The van der Waals surface area contributed by atoms with Crippen LogP contribution in [-0.2, 0) is 17.8 Å². The predicted molar refractivity (Wildman–Crippen MR) is 99.7 cm³/mol.